The Hall–Kier alpha value is -1.39. The van der Waals surface area contributed by atoms with Crippen molar-refractivity contribution in [1.29, 1.82) is 0 Å². The lowest BCUT2D eigenvalue weighted by molar-refractivity contribution is -0.124. The predicted molar refractivity (Wildman–Crippen MR) is 84.0 cm³/mol. The van der Waals surface area contributed by atoms with Crippen LogP contribution < -0.4 is 5.32 Å². The van der Waals surface area contributed by atoms with Gasteiger partial charge < -0.3 is 10.1 Å². The molecule has 0 spiro atoms. The average molecular weight is 290 g/mol. The second-order valence-corrected chi connectivity index (χ2v) is 5.87. The highest BCUT2D eigenvalue weighted by Gasteiger charge is 2.21. The zero-order valence-electron chi connectivity index (χ0n) is 13.0. The highest BCUT2D eigenvalue weighted by Crippen LogP contribution is 2.21. The first-order valence-electron chi connectivity index (χ1n) is 7.83. The fraction of sp³-hybridized carbons (Fsp3) is 0.588. The largest absolute Gasteiger partial charge is 0.371 e. The second-order valence-electron chi connectivity index (χ2n) is 5.87. The zero-order valence-corrected chi connectivity index (χ0v) is 13.0. The molecule has 0 saturated carbocycles. The third kappa shape index (κ3) is 5.14. The first-order chi connectivity index (χ1) is 10.2. The van der Waals surface area contributed by atoms with E-state index in [9.17, 15) is 4.79 Å². The van der Waals surface area contributed by atoms with E-state index in [1.165, 1.54) is 5.56 Å². The van der Waals surface area contributed by atoms with Gasteiger partial charge in [-0.3, -0.25) is 9.69 Å². The summed E-state index contributed by atoms with van der Waals surface area (Å²) in [5.74, 6) is 0.204. The molecule has 4 heteroatoms. The van der Waals surface area contributed by atoms with Crippen LogP contribution in [0.15, 0.2) is 30.3 Å². The normalized spacial score (nSPS) is 19.7. The summed E-state index contributed by atoms with van der Waals surface area (Å²) in [5.41, 5.74) is 1.25. The van der Waals surface area contributed by atoms with Gasteiger partial charge in [0.15, 0.2) is 0 Å². The molecule has 0 aromatic heterocycles. The lowest BCUT2D eigenvalue weighted by Gasteiger charge is -2.33. The number of carbonyl (C=O) groups is 1. The Labute approximate surface area is 127 Å². The number of nitrogens with one attached hydrogen (secondary N) is 1. The fourth-order valence-electron chi connectivity index (χ4n) is 2.49. The molecule has 1 saturated heterocycles. The van der Waals surface area contributed by atoms with Gasteiger partial charge in [-0.2, -0.15) is 0 Å². The van der Waals surface area contributed by atoms with Gasteiger partial charge in [0.2, 0.25) is 5.91 Å². The van der Waals surface area contributed by atoms with Crippen molar-refractivity contribution in [3.05, 3.63) is 35.9 Å². The van der Waals surface area contributed by atoms with Gasteiger partial charge in [-0.25, -0.2) is 0 Å². The number of rotatable bonds is 6. The first-order valence-corrected chi connectivity index (χ1v) is 7.83. The molecule has 1 N–H and O–H groups in total. The molecule has 1 aromatic rings. The molecule has 0 unspecified atom stereocenters. The number of amides is 1. The molecule has 116 valence electrons. The van der Waals surface area contributed by atoms with Crippen molar-refractivity contribution in [2.45, 2.75) is 26.4 Å². The monoisotopic (exact) mass is 290 g/mol. The molecular formula is C17H26N2O2. The topological polar surface area (TPSA) is 41.6 Å². The Morgan fingerprint density at radius 3 is 2.86 bits per heavy atom. The Morgan fingerprint density at radius 1 is 1.38 bits per heavy atom. The molecule has 21 heavy (non-hydrogen) atoms. The lowest BCUT2D eigenvalue weighted by atomic mass is 10.1. The first kappa shape index (κ1) is 16.0. The summed E-state index contributed by atoms with van der Waals surface area (Å²) >= 11 is 0. The molecule has 1 fully saturated rings. The van der Waals surface area contributed by atoms with Crippen LogP contribution >= 0.6 is 0 Å². The molecule has 0 bridgehead atoms. The van der Waals surface area contributed by atoms with Crippen LogP contribution in [0, 0.1) is 5.92 Å². The maximum atomic E-state index is 11.5. The standard InChI is InChI=1S/C17H26N2O2/c1-14(2)17(20)18-9-6-10-19-11-12-21-16(13-19)15-7-4-3-5-8-15/h3-5,7-8,14,16H,6,9-13H2,1-2H3,(H,18,20)/t16-/m1/s1. The second kappa shape index (κ2) is 8.15. The Bertz CT molecular complexity index is 434. The van der Waals surface area contributed by atoms with Crippen LogP contribution in [0.2, 0.25) is 0 Å². The number of hydrogen-bond donors (Lipinski definition) is 1. The van der Waals surface area contributed by atoms with Gasteiger partial charge in [0.05, 0.1) is 12.7 Å². The van der Waals surface area contributed by atoms with Crippen molar-refractivity contribution in [3.63, 3.8) is 0 Å². The van der Waals surface area contributed by atoms with E-state index in [0.717, 1.165) is 39.2 Å². The van der Waals surface area contributed by atoms with E-state index in [1.807, 2.05) is 19.9 Å². The van der Waals surface area contributed by atoms with Crippen molar-refractivity contribution in [2.75, 3.05) is 32.8 Å². The molecule has 1 aliphatic heterocycles. The van der Waals surface area contributed by atoms with Crippen LogP contribution in [0.4, 0.5) is 0 Å². The van der Waals surface area contributed by atoms with Crippen molar-refractivity contribution < 1.29 is 9.53 Å². The van der Waals surface area contributed by atoms with Crippen LogP contribution in [0.5, 0.6) is 0 Å². The number of ether oxygens (including phenoxy) is 1. The highest BCUT2D eigenvalue weighted by atomic mass is 16.5. The van der Waals surface area contributed by atoms with E-state index >= 15 is 0 Å². The molecule has 0 aliphatic carbocycles. The summed E-state index contributed by atoms with van der Waals surface area (Å²) in [6, 6.07) is 10.4. The van der Waals surface area contributed by atoms with E-state index in [4.69, 9.17) is 4.74 Å². The van der Waals surface area contributed by atoms with Crippen LogP contribution in [-0.4, -0.2) is 43.6 Å². The van der Waals surface area contributed by atoms with Crippen molar-refractivity contribution in [3.8, 4) is 0 Å². The summed E-state index contributed by atoms with van der Waals surface area (Å²) in [6.07, 6.45) is 1.16. The molecule has 1 atom stereocenters. The molecule has 1 heterocycles. The molecular weight excluding hydrogens is 264 g/mol. The fourth-order valence-corrected chi connectivity index (χ4v) is 2.49. The Morgan fingerprint density at radius 2 is 2.14 bits per heavy atom. The van der Waals surface area contributed by atoms with Gasteiger partial charge >= 0.3 is 0 Å². The van der Waals surface area contributed by atoms with Crippen molar-refractivity contribution in [2.24, 2.45) is 5.92 Å². The third-order valence-corrected chi connectivity index (χ3v) is 3.80. The number of nitrogens with zero attached hydrogens (tertiary/aromatic N) is 1. The average Bonchev–Trinajstić information content (AvgIpc) is 2.52. The van der Waals surface area contributed by atoms with E-state index in [2.05, 4.69) is 34.5 Å². The van der Waals surface area contributed by atoms with Gasteiger partial charge in [-0.15, -0.1) is 0 Å². The Balaban J connectivity index is 1.71. The SMILES string of the molecule is CC(C)C(=O)NCCCN1CCO[C@@H](c2ccccc2)C1. The van der Waals surface area contributed by atoms with Crippen LogP contribution in [0.25, 0.3) is 0 Å². The minimum absolute atomic E-state index is 0.0656. The lowest BCUT2D eigenvalue weighted by Crippen LogP contribution is -2.40. The molecule has 1 aromatic carbocycles. The van der Waals surface area contributed by atoms with Gasteiger partial charge in [0, 0.05) is 32.1 Å². The minimum Gasteiger partial charge on any atom is -0.371 e. The molecule has 1 amide bonds. The van der Waals surface area contributed by atoms with Crippen molar-refractivity contribution in [1.82, 2.24) is 10.2 Å². The summed E-state index contributed by atoms with van der Waals surface area (Å²) in [5, 5.41) is 2.97. The molecule has 4 nitrogen and oxygen atoms in total. The summed E-state index contributed by atoms with van der Waals surface area (Å²) < 4.78 is 5.86. The molecule has 1 aliphatic rings. The number of carbonyl (C=O) groups excluding carboxylic acids is 1. The van der Waals surface area contributed by atoms with E-state index < -0.39 is 0 Å². The minimum atomic E-state index is 0.0656. The maximum Gasteiger partial charge on any atom is 0.222 e. The van der Waals surface area contributed by atoms with E-state index in [0.29, 0.717) is 0 Å². The maximum absolute atomic E-state index is 11.5. The van der Waals surface area contributed by atoms with Crippen molar-refractivity contribution >= 4 is 5.91 Å². The molecule has 0 radical (unpaired) electrons. The number of hydrogen-bond acceptors (Lipinski definition) is 3. The number of morpholine rings is 1. The predicted octanol–water partition coefficient (Wildman–Crippen LogP) is 2.22. The summed E-state index contributed by atoms with van der Waals surface area (Å²) in [6.45, 7) is 8.28. The van der Waals surface area contributed by atoms with Crippen LogP contribution in [0.1, 0.15) is 31.9 Å². The highest BCUT2D eigenvalue weighted by molar-refractivity contribution is 5.77. The Kier molecular flexibility index (Phi) is 6.21. The van der Waals surface area contributed by atoms with Crippen LogP contribution in [-0.2, 0) is 9.53 Å². The van der Waals surface area contributed by atoms with Gasteiger partial charge in [-0.05, 0) is 12.0 Å². The van der Waals surface area contributed by atoms with E-state index in [-0.39, 0.29) is 17.9 Å². The van der Waals surface area contributed by atoms with Gasteiger partial charge in [-0.1, -0.05) is 44.2 Å². The summed E-state index contributed by atoms with van der Waals surface area (Å²) in [4.78, 5) is 13.9. The quantitative estimate of drug-likeness (QED) is 0.817. The van der Waals surface area contributed by atoms with Gasteiger partial charge in [0.25, 0.3) is 0 Å². The van der Waals surface area contributed by atoms with Crippen LogP contribution in [0.3, 0.4) is 0 Å². The zero-order chi connectivity index (χ0) is 15.1. The van der Waals surface area contributed by atoms with E-state index in [1.54, 1.807) is 0 Å². The van der Waals surface area contributed by atoms with Gasteiger partial charge in [0.1, 0.15) is 0 Å². The smallest absolute Gasteiger partial charge is 0.222 e. The molecule has 2 rings (SSSR count). The summed E-state index contributed by atoms with van der Waals surface area (Å²) in [7, 11) is 0. The number of benzene rings is 1. The third-order valence-electron chi connectivity index (χ3n) is 3.80.